The van der Waals surface area contributed by atoms with Crippen LogP contribution >= 0.6 is 0 Å². The van der Waals surface area contributed by atoms with E-state index in [-0.39, 0.29) is 18.8 Å². The first kappa shape index (κ1) is 27.2. The molecule has 0 aliphatic carbocycles. The molecular weight excluding hydrogens is 519 g/mol. The Morgan fingerprint density at radius 3 is 2.51 bits per heavy atom. The third-order valence-corrected chi connectivity index (χ3v) is 5.97. The van der Waals surface area contributed by atoms with Gasteiger partial charge in [-0.05, 0) is 48.0 Å². The summed E-state index contributed by atoms with van der Waals surface area (Å²) in [7, 11) is 1.56. The minimum Gasteiger partial charge on any atom is -0.497 e. The van der Waals surface area contributed by atoms with Crippen LogP contribution in [-0.4, -0.2) is 47.5 Å². The zero-order valence-electron chi connectivity index (χ0n) is 20.4. The zero-order chi connectivity index (χ0) is 28.0. The number of halogens is 3. The smallest absolute Gasteiger partial charge is 0.497 e. The molecule has 5 rings (SSSR count). The predicted molar refractivity (Wildman–Crippen MR) is 133 cm³/mol. The largest absolute Gasteiger partial charge is 0.573 e. The normalized spacial score (nSPS) is 16.1. The molecule has 39 heavy (non-hydrogen) atoms. The van der Waals surface area contributed by atoms with Gasteiger partial charge in [-0.15, -0.1) is 13.2 Å². The molecule has 0 bridgehead atoms. The first-order valence-electron chi connectivity index (χ1n) is 11.5. The van der Waals surface area contributed by atoms with Crippen molar-refractivity contribution in [3.63, 3.8) is 0 Å². The standard InChI is InChI=1S/C26H20F3N3O4.CH2O2/c1-34-20-7-4-16-13-17(15-31-21(16)14-20)24(33)32-25(10-12-35-22-3-2-11-30-23(22)25)18-5-8-19(9-6-18)36-26(27,28)29;2-1-3/h2-9,11,13-15H,10,12H2,1H3,(H,32,33);1H,(H,2,3). The van der Waals surface area contributed by atoms with E-state index < -0.39 is 17.8 Å². The van der Waals surface area contributed by atoms with E-state index in [4.69, 9.17) is 19.4 Å². The summed E-state index contributed by atoms with van der Waals surface area (Å²) in [5.74, 6) is 0.335. The zero-order valence-corrected chi connectivity index (χ0v) is 20.4. The first-order valence-corrected chi connectivity index (χ1v) is 11.5. The topological polar surface area (TPSA) is 120 Å². The van der Waals surface area contributed by atoms with Crippen molar-refractivity contribution in [3.05, 3.63) is 89.9 Å². The first-order chi connectivity index (χ1) is 18.7. The number of nitrogens with one attached hydrogen (secondary N) is 1. The molecule has 2 aromatic carbocycles. The van der Waals surface area contributed by atoms with Gasteiger partial charge in [0.05, 0.1) is 24.8 Å². The predicted octanol–water partition coefficient (Wildman–Crippen LogP) is 4.69. The molecule has 3 heterocycles. The van der Waals surface area contributed by atoms with Crippen LogP contribution in [0.15, 0.2) is 73.1 Å². The summed E-state index contributed by atoms with van der Waals surface area (Å²) < 4.78 is 53.0. The summed E-state index contributed by atoms with van der Waals surface area (Å²) in [5.41, 5.74) is 0.809. The second-order valence-electron chi connectivity index (χ2n) is 8.27. The lowest BCUT2D eigenvalue weighted by Gasteiger charge is -2.39. The van der Waals surface area contributed by atoms with Gasteiger partial charge in [0, 0.05) is 30.3 Å². The lowest BCUT2D eigenvalue weighted by molar-refractivity contribution is -0.274. The fourth-order valence-corrected chi connectivity index (χ4v) is 4.29. The maximum Gasteiger partial charge on any atom is 0.573 e. The number of alkyl halides is 3. The van der Waals surface area contributed by atoms with Crippen molar-refractivity contribution in [2.24, 2.45) is 0 Å². The fourth-order valence-electron chi connectivity index (χ4n) is 4.29. The number of carbonyl (C=O) groups is 2. The molecule has 9 nitrogen and oxygen atoms in total. The molecule has 1 unspecified atom stereocenters. The molecule has 1 amide bonds. The minimum absolute atomic E-state index is 0.250. The third-order valence-electron chi connectivity index (χ3n) is 5.97. The fraction of sp³-hybridized carbons (Fsp3) is 0.185. The van der Waals surface area contributed by atoms with Gasteiger partial charge in [-0.3, -0.25) is 19.6 Å². The number of carboxylic acid groups (broad SMARTS) is 1. The lowest BCUT2D eigenvalue weighted by Crippen LogP contribution is -2.50. The van der Waals surface area contributed by atoms with Crippen LogP contribution in [0.25, 0.3) is 10.9 Å². The van der Waals surface area contributed by atoms with E-state index in [1.54, 1.807) is 49.7 Å². The number of aromatic nitrogens is 2. The van der Waals surface area contributed by atoms with Crippen LogP contribution < -0.4 is 19.5 Å². The number of methoxy groups -OCH3 is 1. The number of benzene rings is 2. The highest BCUT2D eigenvalue weighted by molar-refractivity contribution is 5.98. The molecule has 4 aromatic rings. The van der Waals surface area contributed by atoms with Crippen molar-refractivity contribution in [1.82, 2.24) is 15.3 Å². The Kier molecular flexibility index (Phi) is 7.84. The molecule has 2 aromatic heterocycles. The Hall–Kier alpha value is -4.87. The molecule has 12 heteroatoms. The molecule has 1 atom stereocenters. The van der Waals surface area contributed by atoms with Crippen LogP contribution in [0.2, 0.25) is 0 Å². The SMILES string of the molecule is COc1ccc2cc(C(=O)NC3(c4ccc(OC(F)(F)F)cc4)CCOc4cccnc43)cnc2c1.O=CO. The number of fused-ring (bicyclic) bond motifs is 2. The van der Waals surface area contributed by atoms with E-state index in [0.29, 0.717) is 40.3 Å². The Bertz CT molecular complexity index is 1480. The van der Waals surface area contributed by atoms with Crippen LogP contribution in [-0.2, 0) is 10.3 Å². The van der Waals surface area contributed by atoms with Crippen LogP contribution in [0.4, 0.5) is 13.2 Å². The van der Waals surface area contributed by atoms with Crippen LogP contribution in [0.3, 0.4) is 0 Å². The van der Waals surface area contributed by atoms with Gasteiger partial charge in [0.25, 0.3) is 12.4 Å². The maximum atomic E-state index is 13.5. The van der Waals surface area contributed by atoms with Crippen molar-refractivity contribution in [1.29, 1.82) is 0 Å². The van der Waals surface area contributed by atoms with Crippen molar-refractivity contribution < 1.29 is 42.1 Å². The summed E-state index contributed by atoms with van der Waals surface area (Å²) in [6.45, 7) is 0.00947. The molecule has 0 saturated heterocycles. The highest BCUT2D eigenvalue weighted by Gasteiger charge is 2.43. The number of rotatable bonds is 5. The van der Waals surface area contributed by atoms with E-state index >= 15 is 0 Å². The van der Waals surface area contributed by atoms with E-state index in [2.05, 4.69) is 20.0 Å². The molecular formula is C27H22F3N3O6. The van der Waals surface area contributed by atoms with Gasteiger partial charge in [-0.2, -0.15) is 0 Å². The molecule has 0 spiro atoms. The number of pyridine rings is 2. The molecule has 1 aliphatic rings. The van der Waals surface area contributed by atoms with Gasteiger partial charge in [-0.25, -0.2) is 0 Å². The summed E-state index contributed by atoms with van der Waals surface area (Å²) in [4.78, 5) is 30.7. The number of amides is 1. The van der Waals surface area contributed by atoms with Gasteiger partial charge in [0.15, 0.2) is 0 Å². The van der Waals surface area contributed by atoms with E-state index in [9.17, 15) is 18.0 Å². The van der Waals surface area contributed by atoms with Gasteiger partial charge < -0.3 is 24.6 Å². The van der Waals surface area contributed by atoms with Crippen LogP contribution in [0.5, 0.6) is 17.2 Å². The van der Waals surface area contributed by atoms with E-state index in [1.807, 2.05) is 0 Å². The van der Waals surface area contributed by atoms with E-state index in [1.165, 1.54) is 30.5 Å². The monoisotopic (exact) mass is 541 g/mol. The highest BCUT2D eigenvalue weighted by Crippen LogP contribution is 2.41. The van der Waals surface area contributed by atoms with Crippen molar-refractivity contribution >= 4 is 23.3 Å². The molecule has 0 radical (unpaired) electrons. The number of hydrogen-bond acceptors (Lipinski definition) is 7. The van der Waals surface area contributed by atoms with Gasteiger partial charge in [-0.1, -0.05) is 12.1 Å². The van der Waals surface area contributed by atoms with Gasteiger partial charge in [0.1, 0.15) is 28.5 Å². The molecule has 0 saturated carbocycles. The second kappa shape index (κ2) is 11.3. The Morgan fingerprint density at radius 1 is 1.10 bits per heavy atom. The van der Waals surface area contributed by atoms with Crippen LogP contribution in [0.1, 0.15) is 28.0 Å². The number of ether oxygens (including phenoxy) is 3. The lowest BCUT2D eigenvalue weighted by atomic mass is 9.81. The van der Waals surface area contributed by atoms with E-state index in [0.717, 1.165) is 5.39 Å². The minimum atomic E-state index is -4.81. The second-order valence-corrected chi connectivity index (χ2v) is 8.27. The quantitative estimate of drug-likeness (QED) is 0.349. The third kappa shape index (κ3) is 6.00. The highest BCUT2D eigenvalue weighted by atomic mass is 19.4. The summed E-state index contributed by atoms with van der Waals surface area (Å²) in [6, 6.07) is 15.9. The molecule has 0 fully saturated rings. The Balaban J connectivity index is 0.00000112. The molecule has 1 aliphatic heterocycles. The van der Waals surface area contributed by atoms with Crippen molar-refractivity contribution in [3.8, 4) is 17.2 Å². The Labute approximate surface area is 220 Å². The molecule has 202 valence electrons. The van der Waals surface area contributed by atoms with Crippen LogP contribution in [0, 0.1) is 0 Å². The Morgan fingerprint density at radius 2 is 1.82 bits per heavy atom. The number of hydrogen-bond donors (Lipinski definition) is 2. The summed E-state index contributed by atoms with van der Waals surface area (Å²) >= 11 is 0. The average molecular weight is 541 g/mol. The summed E-state index contributed by atoms with van der Waals surface area (Å²) in [6.07, 6.45) is -1.47. The number of nitrogens with zero attached hydrogens (tertiary/aromatic N) is 2. The molecule has 2 N–H and O–H groups in total. The van der Waals surface area contributed by atoms with Gasteiger partial charge in [0.2, 0.25) is 0 Å². The van der Waals surface area contributed by atoms with Crippen molar-refractivity contribution in [2.75, 3.05) is 13.7 Å². The van der Waals surface area contributed by atoms with Gasteiger partial charge >= 0.3 is 6.36 Å². The summed E-state index contributed by atoms with van der Waals surface area (Å²) in [5, 5.41) is 10.7. The number of carbonyl (C=O) groups excluding carboxylic acids is 1. The van der Waals surface area contributed by atoms with Crippen molar-refractivity contribution in [2.45, 2.75) is 18.3 Å². The maximum absolute atomic E-state index is 13.5. The average Bonchev–Trinajstić information content (AvgIpc) is 2.92.